The van der Waals surface area contributed by atoms with Crippen molar-refractivity contribution in [1.29, 1.82) is 0 Å². The lowest BCUT2D eigenvalue weighted by atomic mass is 10.1. The Balaban J connectivity index is 2.69. The molecule has 0 spiro atoms. The molecule has 1 aromatic rings. The first-order valence-corrected chi connectivity index (χ1v) is 5.28. The molecule has 0 aromatic heterocycles. The summed E-state index contributed by atoms with van der Waals surface area (Å²) in [5, 5.41) is 3.19. The van der Waals surface area contributed by atoms with Gasteiger partial charge in [0.2, 0.25) is 0 Å². The minimum Gasteiger partial charge on any atom is -0.316 e. The van der Waals surface area contributed by atoms with Gasteiger partial charge in [-0.25, -0.2) is 0 Å². The Bertz CT molecular complexity index is 307. The fourth-order valence-electron chi connectivity index (χ4n) is 1.65. The first-order chi connectivity index (χ1) is 7.27. The zero-order chi connectivity index (χ0) is 11.1. The molecule has 2 nitrogen and oxygen atoms in total. The Morgan fingerprint density at radius 2 is 2.00 bits per heavy atom. The first kappa shape index (κ1) is 12.0. The smallest absolute Gasteiger partial charge is 0.0237 e. The van der Waals surface area contributed by atoms with E-state index in [1.807, 2.05) is 13.1 Å². The van der Waals surface area contributed by atoms with Gasteiger partial charge in [-0.05, 0) is 25.2 Å². The highest BCUT2D eigenvalue weighted by atomic mass is 15.1. The standard InChI is InChI=1S/C13H20N2/c1-4-9-15(3)11-13-8-6-5-7-12(13)10-14-2/h4-8,14H,1,9-11H2,2-3H3. The quantitative estimate of drug-likeness (QED) is 0.713. The van der Waals surface area contributed by atoms with Crippen LogP contribution in [0.5, 0.6) is 0 Å². The van der Waals surface area contributed by atoms with Crippen LogP contribution in [0.15, 0.2) is 36.9 Å². The Morgan fingerprint density at radius 3 is 2.60 bits per heavy atom. The summed E-state index contributed by atoms with van der Waals surface area (Å²) >= 11 is 0. The highest BCUT2D eigenvalue weighted by Gasteiger charge is 2.03. The van der Waals surface area contributed by atoms with Crippen LogP contribution in [-0.4, -0.2) is 25.5 Å². The maximum Gasteiger partial charge on any atom is 0.0237 e. The number of hydrogen-bond acceptors (Lipinski definition) is 2. The molecule has 0 heterocycles. The molecule has 0 bridgehead atoms. The van der Waals surface area contributed by atoms with Crippen molar-refractivity contribution in [2.45, 2.75) is 13.1 Å². The van der Waals surface area contributed by atoms with Crippen LogP contribution in [0.1, 0.15) is 11.1 Å². The number of nitrogens with zero attached hydrogens (tertiary/aromatic N) is 1. The lowest BCUT2D eigenvalue weighted by molar-refractivity contribution is 0.362. The Morgan fingerprint density at radius 1 is 1.33 bits per heavy atom. The van der Waals surface area contributed by atoms with E-state index in [4.69, 9.17) is 0 Å². The van der Waals surface area contributed by atoms with Crippen molar-refractivity contribution in [2.24, 2.45) is 0 Å². The van der Waals surface area contributed by atoms with Crippen molar-refractivity contribution < 1.29 is 0 Å². The largest absolute Gasteiger partial charge is 0.316 e. The summed E-state index contributed by atoms with van der Waals surface area (Å²) in [5.74, 6) is 0. The Hall–Kier alpha value is -1.12. The summed E-state index contributed by atoms with van der Waals surface area (Å²) < 4.78 is 0. The van der Waals surface area contributed by atoms with E-state index in [0.29, 0.717) is 0 Å². The average Bonchev–Trinajstić information content (AvgIpc) is 2.21. The first-order valence-electron chi connectivity index (χ1n) is 5.28. The molecule has 0 aliphatic rings. The average molecular weight is 204 g/mol. The van der Waals surface area contributed by atoms with Crippen molar-refractivity contribution >= 4 is 0 Å². The van der Waals surface area contributed by atoms with Crippen LogP contribution in [0, 0.1) is 0 Å². The lowest BCUT2D eigenvalue weighted by Gasteiger charge is -2.17. The van der Waals surface area contributed by atoms with Gasteiger partial charge in [0.25, 0.3) is 0 Å². The van der Waals surface area contributed by atoms with Gasteiger partial charge in [0.05, 0.1) is 0 Å². The number of likely N-dealkylation sites (N-methyl/N-ethyl adjacent to an activating group) is 1. The van der Waals surface area contributed by atoms with Crippen molar-refractivity contribution in [3.63, 3.8) is 0 Å². The molecule has 0 saturated heterocycles. The van der Waals surface area contributed by atoms with E-state index in [2.05, 4.69) is 48.1 Å². The molecule has 0 saturated carbocycles. The molecule has 1 N–H and O–H groups in total. The van der Waals surface area contributed by atoms with Gasteiger partial charge in [0.1, 0.15) is 0 Å². The van der Waals surface area contributed by atoms with E-state index in [-0.39, 0.29) is 0 Å². The molecule has 0 aliphatic heterocycles. The number of benzene rings is 1. The molecule has 1 rings (SSSR count). The molecule has 15 heavy (non-hydrogen) atoms. The third-order valence-electron chi connectivity index (χ3n) is 2.37. The van der Waals surface area contributed by atoms with Gasteiger partial charge in [-0.2, -0.15) is 0 Å². The van der Waals surface area contributed by atoms with Crippen molar-refractivity contribution in [3.8, 4) is 0 Å². The van der Waals surface area contributed by atoms with Gasteiger partial charge in [0, 0.05) is 19.6 Å². The molecule has 2 heteroatoms. The van der Waals surface area contributed by atoms with Crippen LogP contribution >= 0.6 is 0 Å². The van der Waals surface area contributed by atoms with Gasteiger partial charge in [0.15, 0.2) is 0 Å². The van der Waals surface area contributed by atoms with Crippen molar-refractivity contribution in [1.82, 2.24) is 10.2 Å². The van der Waals surface area contributed by atoms with Crippen molar-refractivity contribution in [2.75, 3.05) is 20.6 Å². The van der Waals surface area contributed by atoms with Crippen LogP contribution in [-0.2, 0) is 13.1 Å². The predicted molar refractivity (Wildman–Crippen MR) is 65.7 cm³/mol. The molecule has 0 fully saturated rings. The summed E-state index contributed by atoms with van der Waals surface area (Å²) in [5.41, 5.74) is 2.76. The summed E-state index contributed by atoms with van der Waals surface area (Å²) in [6, 6.07) is 8.54. The summed E-state index contributed by atoms with van der Waals surface area (Å²) in [4.78, 5) is 2.25. The molecule has 0 radical (unpaired) electrons. The SMILES string of the molecule is C=CCN(C)Cc1ccccc1CNC. The fourth-order valence-corrected chi connectivity index (χ4v) is 1.65. The zero-order valence-electron chi connectivity index (χ0n) is 9.66. The lowest BCUT2D eigenvalue weighted by Crippen LogP contribution is -2.19. The van der Waals surface area contributed by atoms with Crippen LogP contribution in [0.4, 0.5) is 0 Å². The van der Waals surface area contributed by atoms with Crippen LogP contribution in [0.2, 0.25) is 0 Å². The minimum atomic E-state index is 0.924. The molecular formula is C13H20N2. The second kappa shape index (κ2) is 6.38. The van der Waals surface area contributed by atoms with E-state index in [1.165, 1.54) is 11.1 Å². The van der Waals surface area contributed by atoms with E-state index in [0.717, 1.165) is 19.6 Å². The Kier molecular flexibility index (Phi) is 5.08. The predicted octanol–water partition coefficient (Wildman–Crippen LogP) is 2.02. The monoisotopic (exact) mass is 204 g/mol. The van der Waals surface area contributed by atoms with E-state index in [1.54, 1.807) is 0 Å². The molecule has 0 aliphatic carbocycles. The van der Waals surface area contributed by atoms with Gasteiger partial charge in [-0.15, -0.1) is 6.58 Å². The topological polar surface area (TPSA) is 15.3 Å². The van der Waals surface area contributed by atoms with Gasteiger partial charge < -0.3 is 5.32 Å². The maximum absolute atomic E-state index is 3.75. The van der Waals surface area contributed by atoms with Crippen LogP contribution in [0.25, 0.3) is 0 Å². The minimum absolute atomic E-state index is 0.924. The second-order valence-corrected chi connectivity index (χ2v) is 3.78. The number of hydrogen-bond donors (Lipinski definition) is 1. The highest BCUT2D eigenvalue weighted by Crippen LogP contribution is 2.10. The summed E-state index contributed by atoms with van der Waals surface area (Å²) in [6.45, 7) is 6.58. The van der Waals surface area contributed by atoms with E-state index in [9.17, 15) is 0 Å². The summed E-state index contributed by atoms with van der Waals surface area (Å²) in [6.07, 6.45) is 1.93. The molecule has 0 amide bonds. The van der Waals surface area contributed by atoms with Gasteiger partial charge in [-0.1, -0.05) is 30.3 Å². The normalized spacial score (nSPS) is 10.6. The van der Waals surface area contributed by atoms with Gasteiger partial charge in [-0.3, -0.25) is 4.90 Å². The Labute approximate surface area is 92.6 Å². The molecule has 1 aromatic carbocycles. The van der Waals surface area contributed by atoms with Crippen LogP contribution < -0.4 is 5.32 Å². The molecule has 82 valence electrons. The molecule has 0 unspecified atom stereocenters. The van der Waals surface area contributed by atoms with Crippen LogP contribution in [0.3, 0.4) is 0 Å². The second-order valence-electron chi connectivity index (χ2n) is 3.78. The van der Waals surface area contributed by atoms with E-state index >= 15 is 0 Å². The highest BCUT2D eigenvalue weighted by molar-refractivity contribution is 5.26. The zero-order valence-corrected chi connectivity index (χ0v) is 9.66. The number of nitrogens with one attached hydrogen (secondary N) is 1. The summed E-state index contributed by atoms with van der Waals surface area (Å²) in [7, 11) is 4.09. The maximum atomic E-state index is 3.75. The van der Waals surface area contributed by atoms with Crippen molar-refractivity contribution in [3.05, 3.63) is 48.0 Å². The van der Waals surface area contributed by atoms with E-state index < -0.39 is 0 Å². The molecular weight excluding hydrogens is 184 g/mol. The number of rotatable bonds is 6. The van der Waals surface area contributed by atoms with Gasteiger partial charge >= 0.3 is 0 Å². The third kappa shape index (κ3) is 3.86. The molecule has 0 atom stereocenters. The third-order valence-corrected chi connectivity index (χ3v) is 2.37. The fraction of sp³-hybridized carbons (Fsp3) is 0.385.